The molecule has 1 saturated carbocycles. The second-order valence-corrected chi connectivity index (χ2v) is 9.13. The Bertz CT molecular complexity index is 783. The predicted molar refractivity (Wildman–Crippen MR) is 117 cm³/mol. The molecule has 2 aromatic carbocycles. The topological polar surface area (TPSA) is 29.5 Å². The molecule has 29 heavy (non-hydrogen) atoms. The fourth-order valence-corrected chi connectivity index (χ4v) is 4.91. The predicted octanol–water partition coefficient (Wildman–Crippen LogP) is 5.21. The number of Topliss-reactive ketones (excluding diaryl/α,β-unsaturated/α-hetero) is 1. The van der Waals surface area contributed by atoms with Crippen molar-refractivity contribution in [3.8, 4) is 0 Å². The van der Waals surface area contributed by atoms with Gasteiger partial charge in [-0.1, -0.05) is 60.7 Å². The number of carbonyl (C=O) groups is 1. The van der Waals surface area contributed by atoms with Crippen LogP contribution in [-0.4, -0.2) is 36.5 Å². The summed E-state index contributed by atoms with van der Waals surface area (Å²) in [6.45, 7) is 5.21. The molecule has 3 heteroatoms. The number of carbonyl (C=O) groups excluding carboxylic acids is 1. The van der Waals surface area contributed by atoms with E-state index in [1.807, 2.05) is 6.07 Å². The first-order valence-corrected chi connectivity index (χ1v) is 11.1. The quantitative estimate of drug-likeness (QED) is 0.677. The first-order valence-electron chi connectivity index (χ1n) is 11.1. The number of hydrogen-bond acceptors (Lipinski definition) is 3. The number of ketones is 1. The Hall–Kier alpha value is -1.97. The van der Waals surface area contributed by atoms with Crippen LogP contribution in [0, 0.1) is 5.41 Å². The SMILES string of the molecule is CC1(COC2CCC(c3ccccc3)CC2)CN(Cc2ccccc2)CCC1=O. The lowest BCUT2D eigenvalue weighted by Gasteiger charge is -2.40. The molecule has 1 aliphatic carbocycles. The van der Waals surface area contributed by atoms with Crippen molar-refractivity contribution in [2.75, 3.05) is 19.7 Å². The Morgan fingerprint density at radius 1 is 0.966 bits per heavy atom. The molecule has 1 aliphatic heterocycles. The van der Waals surface area contributed by atoms with Gasteiger partial charge in [0.05, 0.1) is 18.1 Å². The molecular weight excluding hydrogens is 358 g/mol. The van der Waals surface area contributed by atoms with Crippen molar-refractivity contribution < 1.29 is 9.53 Å². The highest BCUT2D eigenvalue weighted by Gasteiger charge is 2.39. The lowest BCUT2D eigenvalue weighted by atomic mass is 9.80. The molecule has 1 atom stereocenters. The summed E-state index contributed by atoms with van der Waals surface area (Å²) in [7, 11) is 0. The van der Waals surface area contributed by atoms with Gasteiger partial charge in [0.2, 0.25) is 0 Å². The summed E-state index contributed by atoms with van der Waals surface area (Å²) < 4.78 is 6.33. The molecule has 4 rings (SSSR count). The van der Waals surface area contributed by atoms with Gasteiger partial charge in [-0.15, -0.1) is 0 Å². The highest BCUT2D eigenvalue weighted by molar-refractivity contribution is 5.85. The first kappa shape index (κ1) is 20.3. The third-order valence-electron chi connectivity index (χ3n) is 6.73. The largest absolute Gasteiger partial charge is 0.377 e. The number of nitrogens with zero attached hydrogens (tertiary/aromatic N) is 1. The summed E-state index contributed by atoms with van der Waals surface area (Å²) in [5.74, 6) is 1.02. The van der Waals surface area contributed by atoms with Crippen LogP contribution in [0.4, 0.5) is 0 Å². The maximum Gasteiger partial charge on any atom is 0.143 e. The van der Waals surface area contributed by atoms with Crippen LogP contribution in [0.2, 0.25) is 0 Å². The van der Waals surface area contributed by atoms with Gasteiger partial charge in [-0.2, -0.15) is 0 Å². The molecule has 1 unspecified atom stereocenters. The van der Waals surface area contributed by atoms with Crippen LogP contribution >= 0.6 is 0 Å². The summed E-state index contributed by atoms with van der Waals surface area (Å²) >= 11 is 0. The normalized spacial score (nSPS) is 28.4. The zero-order valence-electron chi connectivity index (χ0n) is 17.6. The third-order valence-corrected chi connectivity index (χ3v) is 6.73. The average Bonchev–Trinajstić information content (AvgIpc) is 2.77. The third kappa shape index (κ3) is 5.15. The summed E-state index contributed by atoms with van der Waals surface area (Å²) in [6.07, 6.45) is 5.48. The molecule has 3 nitrogen and oxygen atoms in total. The van der Waals surface area contributed by atoms with E-state index in [2.05, 4.69) is 66.4 Å². The Morgan fingerprint density at radius 3 is 2.31 bits per heavy atom. The molecule has 2 aliphatic rings. The standard InChI is InChI=1S/C26H33NO2/c1-26(19-27(17-16-25(26)28)18-21-8-4-2-5-9-21)20-29-24-14-12-23(13-15-24)22-10-6-3-7-11-22/h2-11,23-24H,12-20H2,1H3. The van der Waals surface area contributed by atoms with Crippen molar-refractivity contribution in [1.29, 1.82) is 0 Å². The monoisotopic (exact) mass is 391 g/mol. The lowest BCUT2D eigenvalue weighted by Crippen LogP contribution is -2.50. The van der Waals surface area contributed by atoms with Crippen LogP contribution in [0.25, 0.3) is 0 Å². The Morgan fingerprint density at radius 2 is 1.62 bits per heavy atom. The van der Waals surface area contributed by atoms with Gasteiger partial charge < -0.3 is 4.74 Å². The van der Waals surface area contributed by atoms with Crippen LogP contribution in [0.1, 0.15) is 56.1 Å². The van der Waals surface area contributed by atoms with E-state index in [1.165, 1.54) is 24.0 Å². The molecule has 0 N–H and O–H groups in total. The van der Waals surface area contributed by atoms with Crippen LogP contribution in [-0.2, 0) is 16.1 Å². The molecular formula is C26H33NO2. The van der Waals surface area contributed by atoms with Crippen LogP contribution < -0.4 is 0 Å². The van der Waals surface area contributed by atoms with Gasteiger partial charge in [0.1, 0.15) is 5.78 Å². The van der Waals surface area contributed by atoms with Gasteiger partial charge in [0.25, 0.3) is 0 Å². The molecule has 0 bridgehead atoms. The number of benzene rings is 2. The molecule has 1 heterocycles. The fraction of sp³-hybridized carbons (Fsp3) is 0.500. The molecule has 1 saturated heterocycles. The minimum Gasteiger partial charge on any atom is -0.377 e. The summed E-state index contributed by atoms with van der Waals surface area (Å²) in [6, 6.07) is 21.4. The van der Waals surface area contributed by atoms with Crippen molar-refractivity contribution in [3.05, 3.63) is 71.8 Å². The van der Waals surface area contributed by atoms with E-state index in [4.69, 9.17) is 4.74 Å². The van der Waals surface area contributed by atoms with Gasteiger partial charge in [0, 0.05) is 26.1 Å². The number of piperidine rings is 1. The van der Waals surface area contributed by atoms with Crippen LogP contribution in [0.3, 0.4) is 0 Å². The van der Waals surface area contributed by atoms with E-state index >= 15 is 0 Å². The molecule has 2 aromatic rings. The van der Waals surface area contributed by atoms with Crippen molar-refractivity contribution in [1.82, 2.24) is 4.90 Å². The van der Waals surface area contributed by atoms with E-state index in [1.54, 1.807) is 0 Å². The molecule has 0 radical (unpaired) electrons. The van der Waals surface area contributed by atoms with E-state index < -0.39 is 0 Å². The maximum absolute atomic E-state index is 12.7. The molecule has 2 fully saturated rings. The Kier molecular flexibility index (Phi) is 6.46. The maximum atomic E-state index is 12.7. The Balaban J connectivity index is 1.28. The second-order valence-electron chi connectivity index (χ2n) is 9.13. The fourth-order valence-electron chi connectivity index (χ4n) is 4.91. The number of ether oxygens (including phenoxy) is 1. The van der Waals surface area contributed by atoms with Gasteiger partial charge in [-0.05, 0) is 49.7 Å². The van der Waals surface area contributed by atoms with Gasteiger partial charge in [-0.25, -0.2) is 0 Å². The smallest absolute Gasteiger partial charge is 0.143 e. The summed E-state index contributed by atoms with van der Waals surface area (Å²) in [4.78, 5) is 15.1. The molecule has 0 amide bonds. The second kappa shape index (κ2) is 9.23. The molecule has 154 valence electrons. The van der Waals surface area contributed by atoms with Crippen LogP contribution in [0.15, 0.2) is 60.7 Å². The van der Waals surface area contributed by atoms with E-state index in [9.17, 15) is 4.79 Å². The van der Waals surface area contributed by atoms with Crippen molar-refractivity contribution in [2.24, 2.45) is 5.41 Å². The summed E-state index contributed by atoms with van der Waals surface area (Å²) in [5, 5.41) is 0. The molecule has 0 aromatic heterocycles. The van der Waals surface area contributed by atoms with E-state index in [-0.39, 0.29) is 5.41 Å². The first-order chi connectivity index (χ1) is 14.1. The number of hydrogen-bond donors (Lipinski definition) is 0. The van der Waals surface area contributed by atoms with E-state index in [0.29, 0.717) is 30.8 Å². The summed E-state index contributed by atoms with van der Waals surface area (Å²) in [5.41, 5.74) is 2.38. The molecule has 0 spiro atoms. The number of likely N-dealkylation sites (tertiary alicyclic amines) is 1. The minimum absolute atomic E-state index is 0.295. The van der Waals surface area contributed by atoms with Gasteiger partial charge in [0.15, 0.2) is 0 Å². The van der Waals surface area contributed by atoms with Gasteiger partial charge in [-0.3, -0.25) is 9.69 Å². The van der Waals surface area contributed by atoms with Crippen molar-refractivity contribution in [3.63, 3.8) is 0 Å². The zero-order chi connectivity index (χ0) is 20.1. The van der Waals surface area contributed by atoms with E-state index in [0.717, 1.165) is 32.5 Å². The van der Waals surface area contributed by atoms with Crippen molar-refractivity contribution >= 4 is 5.78 Å². The lowest BCUT2D eigenvalue weighted by molar-refractivity contribution is -0.140. The zero-order valence-corrected chi connectivity index (χ0v) is 17.6. The number of rotatable bonds is 6. The van der Waals surface area contributed by atoms with Gasteiger partial charge >= 0.3 is 0 Å². The average molecular weight is 392 g/mol. The highest BCUT2D eigenvalue weighted by atomic mass is 16.5. The van der Waals surface area contributed by atoms with Crippen LogP contribution in [0.5, 0.6) is 0 Å². The van der Waals surface area contributed by atoms with Crippen molar-refractivity contribution in [2.45, 2.75) is 57.6 Å². The minimum atomic E-state index is -0.386. The Labute approximate surface area is 175 Å². The highest BCUT2D eigenvalue weighted by Crippen LogP contribution is 2.35.